The number of halogens is 1. The predicted molar refractivity (Wildman–Crippen MR) is 71.3 cm³/mol. The van der Waals surface area contributed by atoms with E-state index < -0.39 is 5.82 Å². The van der Waals surface area contributed by atoms with Crippen LogP contribution in [0.1, 0.15) is 30.6 Å². The summed E-state index contributed by atoms with van der Waals surface area (Å²) in [4.78, 5) is 12.1. The molecule has 2 atom stereocenters. The Morgan fingerprint density at radius 3 is 2.79 bits per heavy atom. The van der Waals surface area contributed by atoms with Crippen LogP contribution in [0.3, 0.4) is 0 Å². The monoisotopic (exact) mass is 266 g/mol. The minimum Gasteiger partial charge on any atom is -0.396 e. The van der Waals surface area contributed by atoms with Crippen LogP contribution in [0, 0.1) is 11.2 Å². The third-order valence-corrected chi connectivity index (χ3v) is 4.07. The third kappa shape index (κ3) is 2.30. The van der Waals surface area contributed by atoms with Crippen LogP contribution < -0.4 is 11.1 Å². The minimum absolute atomic E-state index is 0.00705. The van der Waals surface area contributed by atoms with Gasteiger partial charge in [0.25, 0.3) is 5.91 Å². The minimum atomic E-state index is -0.574. The smallest absolute Gasteiger partial charge is 0.253 e. The molecule has 4 nitrogen and oxygen atoms in total. The normalized spacial score (nSPS) is 24.6. The molecule has 0 radical (unpaired) electrons. The summed E-state index contributed by atoms with van der Waals surface area (Å²) in [6, 6.07) is 4.24. The summed E-state index contributed by atoms with van der Waals surface area (Å²) in [6.45, 7) is 4.06. The van der Waals surface area contributed by atoms with Crippen LogP contribution in [0.2, 0.25) is 0 Å². The van der Waals surface area contributed by atoms with E-state index in [1.54, 1.807) is 7.11 Å². The predicted octanol–water partition coefficient (Wildman–Crippen LogP) is 1.95. The van der Waals surface area contributed by atoms with Gasteiger partial charge in [-0.15, -0.1) is 0 Å². The highest BCUT2D eigenvalue weighted by Gasteiger charge is 2.49. The molecule has 0 saturated heterocycles. The fourth-order valence-electron chi connectivity index (χ4n) is 2.50. The van der Waals surface area contributed by atoms with E-state index in [9.17, 15) is 9.18 Å². The van der Waals surface area contributed by atoms with Crippen molar-refractivity contribution in [3.05, 3.63) is 29.6 Å². The summed E-state index contributed by atoms with van der Waals surface area (Å²) in [6.07, 6.45) is 0.882. The lowest BCUT2D eigenvalue weighted by Crippen LogP contribution is -2.61. The van der Waals surface area contributed by atoms with Crippen LogP contribution >= 0.6 is 0 Å². The highest BCUT2D eigenvalue weighted by molar-refractivity contribution is 5.99. The Hall–Kier alpha value is -1.62. The maximum atomic E-state index is 13.3. The van der Waals surface area contributed by atoms with Gasteiger partial charge < -0.3 is 15.8 Å². The SMILES string of the molecule is COC1CC(NC(=O)c2cccc(F)c2N)C1(C)C. The number of nitrogens with one attached hydrogen (secondary N) is 1. The number of nitrogens with two attached hydrogens (primary N) is 1. The number of anilines is 1. The maximum Gasteiger partial charge on any atom is 0.253 e. The number of para-hydroxylation sites is 1. The van der Waals surface area contributed by atoms with Crippen molar-refractivity contribution >= 4 is 11.6 Å². The van der Waals surface area contributed by atoms with Crippen molar-refractivity contribution in [2.24, 2.45) is 5.41 Å². The van der Waals surface area contributed by atoms with Gasteiger partial charge in [-0.1, -0.05) is 19.9 Å². The van der Waals surface area contributed by atoms with E-state index in [1.165, 1.54) is 18.2 Å². The molecule has 1 fully saturated rings. The molecule has 1 amide bonds. The lowest BCUT2D eigenvalue weighted by molar-refractivity contribution is -0.0942. The van der Waals surface area contributed by atoms with Crippen LogP contribution in [0.15, 0.2) is 18.2 Å². The zero-order valence-electron chi connectivity index (χ0n) is 11.4. The molecule has 0 spiro atoms. The van der Waals surface area contributed by atoms with Gasteiger partial charge in [0.15, 0.2) is 0 Å². The maximum absolute atomic E-state index is 13.3. The van der Waals surface area contributed by atoms with Gasteiger partial charge in [-0.25, -0.2) is 4.39 Å². The number of carbonyl (C=O) groups is 1. The average Bonchev–Trinajstić information content (AvgIpc) is 2.37. The molecular formula is C14H19FN2O2. The average molecular weight is 266 g/mol. The Morgan fingerprint density at radius 1 is 1.53 bits per heavy atom. The molecule has 104 valence electrons. The van der Waals surface area contributed by atoms with Crippen LogP contribution in [0.4, 0.5) is 10.1 Å². The van der Waals surface area contributed by atoms with E-state index in [0.29, 0.717) is 0 Å². The third-order valence-electron chi connectivity index (χ3n) is 4.07. The zero-order chi connectivity index (χ0) is 14.2. The van der Waals surface area contributed by atoms with Gasteiger partial charge in [0.1, 0.15) is 5.82 Å². The van der Waals surface area contributed by atoms with Crippen molar-refractivity contribution < 1.29 is 13.9 Å². The van der Waals surface area contributed by atoms with Crippen LogP contribution in [0.25, 0.3) is 0 Å². The van der Waals surface area contributed by atoms with E-state index in [1.807, 2.05) is 13.8 Å². The molecule has 19 heavy (non-hydrogen) atoms. The van der Waals surface area contributed by atoms with Gasteiger partial charge in [-0.3, -0.25) is 4.79 Å². The van der Waals surface area contributed by atoms with Crippen LogP contribution in [-0.4, -0.2) is 25.2 Å². The number of amides is 1. The van der Waals surface area contributed by atoms with E-state index in [4.69, 9.17) is 10.5 Å². The van der Waals surface area contributed by atoms with Crippen molar-refractivity contribution in [1.82, 2.24) is 5.32 Å². The van der Waals surface area contributed by atoms with Crippen molar-refractivity contribution in [1.29, 1.82) is 0 Å². The van der Waals surface area contributed by atoms with Gasteiger partial charge in [-0.2, -0.15) is 0 Å². The van der Waals surface area contributed by atoms with E-state index in [2.05, 4.69) is 5.32 Å². The fourth-order valence-corrected chi connectivity index (χ4v) is 2.50. The van der Waals surface area contributed by atoms with Gasteiger partial charge in [0.2, 0.25) is 0 Å². The van der Waals surface area contributed by atoms with Gasteiger partial charge in [0, 0.05) is 18.6 Å². The summed E-state index contributed by atoms with van der Waals surface area (Å²) in [7, 11) is 1.66. The standard InChI is InChI=1S/C14H19FN2O2/c1-14(2)10(7-11(14)19-3)17-13(18)8-5-4-6-9(15)12(8)16/h4-6,10-11H,7,16H2,1-3H3,(H,17,18). The van der Waals surface area contributed by atoms with Crippen LogP contribution in [0.5, 0.6) is 0 Å². The van der Waals surface area contributed by atoms with Gasteiger partial charge >= 0.3 is 0 Å². The topological polar surface area (TPSA) is 64.3 Å². The molecule has 2 rings (SSSR count). The first-order valence-corrected chi connectivity index (χ1v) is 6.25. The zero-order valence-corrected chi connectivity index (χ0v) is 11.4. The highest BCUT2D eigenvalue weighted by Crippen LogP contribution is 2.42. The van der Waals surface area contributed by atoms with Gasteiger partial charge in [0.05, 0.1) is 17.4 Å². The first kappa shape index (κ1) is 13.8. The molecular weight excluding hydrogens is 247 g/mol. The van der Waals surface area contributed by atoms with Crippen molar-refractivity contribution in [2.45, 2.75) is 32.4 Å². The molecule has 2 unspecified atom stereocenters. The number of nitrogen functional groups attached to an aromatic ring is 1. The Balaban J connectivity index is 2.09. The second-order valence-electron chi connectivity index (χ2n) is 5.51. The molecule has 1 aliphatic rings. The second kappa shape index (κ2) is 4.81. The fraction of sp³-hybridized carbons (Fsp3) is 0.500. The second-order valence-corrected chi connectivity index (χ2v) is 5.51. The molecule has 1 aromatic rings. The first-order chi connectivity index (χ1) is 8.87. The first-order valence-electron chi connectivity index (χ1n) is 6.25. The quantitative estimate of drug-likeness (QED) is 0.822. The van der Waals surface area contributed by atoms with Crippen LogP contribution in [-0.2, 0) is 4.74 Å². The Kier molecular flexibility index (Phi) is 3.49. The summed E-state index contributed by atoms with van der Waals surface area (Å²) in [5, 5.41) is 2.89. The molecule has 0 aliphatic heterocycles. The summed E-state index contributed by atoms with van der Waals surface area (Å²) < 4.78 is 18.6. The molecule has 1 saturated carbocycles. The van der Waals surface area contributed by atoms with E-state index in [0.717, 1.165) is 6.42 Å². The van der Waals surface area contributed by atoms with Gasteiger partial charge in [-0.05, 0) is 18.6 Å². The largest absolute Gasteiger partial charge is 0.396 e. The number of benzene rings is 1. The number of ether oxygens (including phenoxy) is 1. The molecule has 5 heteroatoms. The lowest BCUT2D eigenvalue weighted by atomic mass is 9.64. The molecule has 0 heterocycles. The molecule has 1 aliphatic carbocycles. The number of hydrogen-bond donors (Lipinski definition) is 2. The van der Waals surface area contributed by atoms with E-state index in [-0.39, 0.29) is 34.7 Å². The van der Waals surface area contributed by atoms with Crippen molar-refractivity contribution in [3.63, 3.8) is 0 Å². The Labute approximate surface area is 112 Å². The highest BCUT2D eigenvalue weighted by atomic mass is 19.1. The molecule has 0 bridgehead atoms. The summed E-state index contributed by atoms with van der Waals surface area (Å²) in [5.41, 5.74) is 5.51. The molecule has 1 aromatic carbocycles. The van der Waals surface area contributed by atoms with Crippen molar-refractivity contribution in [2.75, 3.05) is 12.8 Å². The van der Waals surface area contributed by atoms with Crippen molar-refractivity contribution in [3.8, 4) is 0 Å². The number of rotatable bonds is 3. The molecule has 0 aromatic heterocycles. The molecule has 3 N–H and O–H groups in total. The Bertz CT molecular complexity index is 502. The number of carbonyl (C=O) groups excluding carboxylic acids is 1. The Morgan fingerprint density at radius 2 is 2.21 bits per heavy atom. The summed E-state index contributed by atoms with van der Waals surface area (Å²) >= 11 is 0. The lowest BCUT2D eigenvalue weighted by Gasteiger charge is -2.51. The number of methoxy groups -OCH3 is 1. The van der Waals surface area contributed by atoms with E-state index >= 15 is 0 Å². The number of hydrogen-bond acceptors (Lipinski definition) is 3. The summed E-state index contributed by atoms with van der Waals surface area (Å²) in [5.74, 6) is -0.917.